The van der Waals surface area contributed by atoms with E-state index in [1.807, 2.05) is 54.6 Å². The van der Waals surface area contributed by atoms with Crippen LogP contribution in [0.25, 0.3) is 33.4 Å². The highest BCUT2D eigenvalue weighted by atomic mass is 19.1. The zero-order chi connectivity index (χ0) is 27.4. The van der Waals surface area contributed by atoms with Gasteiger partial charge in [0.15, 0.2) is 0 Å². The number of amides is 2. The summed E-state index contributed by atoms with van der Waals surface area (Å²) >= 11 is 0. The molecule has 0 aliphatic heterocycles. The van der Waals surface area contributed by atoms with E-state index < -0.39 is 0 Å². The molecule has 5 rings (SSSR count). The second kappa shape index (κ2) is 11.2. The van der Waals surface area contributed by atoms with Crippen LogP contribution < -0.4 is 15.4 Å². The first kappa shape index (κ1) is 25.7. The summed E-state index contributed by atoms with van der Waals surface area (Å²) in [4.78, 5) is 25.5. The van der Waals surface area contributed by atoms with E-state index in [4.69, 9.17) is 9.15 Å². The van der Waals surface area contributed by atoms with Gasteiger partial charge in [-0.2, -0.15) is 0 Å². The van der Waals surface area contributed by atoms with Crippen LogP contribution in [0.15, 0.2) is 95.4 Å². The summed E-state index contributed by atoms with van der Waals surface area (Å²) in [6, 6.07) is 26.5. The van der Waals surface area contributed by atoms with Crippen molar-refractivity contribution < 1.29 is 23.1 Å². The van der Waals surface area contributed by atoms with Gasteiger partial charge >= 0.3 is 0 Å². The van der Waals surface area contributed by atoms with Crippen LogP contribution in [0.1, 0.15) is 26.3 Å². The molecular weight excluding hydrogens is 495 g/mol. The second-order valence-electron chi connectivity index (χ2n) is 9.03. The van der Waals surface area contributed by atoms with Crippen LogP contribution in [0.3, 0.4) is 0 Å². The minimum absolute atomic E-state index is 0.147. The summed E-state index contributed by atoms with van der Waals surface area (Å²) in [6.07, 6.45) is 0.714. The molecule has 2 amide bonds. The number of furan rings is 1. The number of rotatable bonds is 8. The fraction of sp³-hybridized carbons (Fsp3) is 0.125. The number of carbonyl (C=O) groups excluding carboxylic acids is 2. The molecule has 0 fully saturated rings. The maximum Gasteiger partial charge on any atom is 0.255 e. The van der Waals surface area contributed by atoms with E-state index in [0.29, 0.717) is 46.4 Å². The Morgan fingerprint density at radius 3 is 2.15 bits per heavy atom. The van der Waals surface area contributed by atoms with Gasteiger partial charge in [-0.1, -0.05) is 30.3 Å². The van der Waals surface area contributed by atoms with E-state index in [1.165, 1.54) is 12.1 Å². The number of benzene rings is 4. The van der Waals surface area contributed by atoms with Crippen molar-refractivity contribution in [2.24, 2.45) is 0 Å². The fourth-order valence-electron chi connectivity index (χ4n) is 4.46. The Morgan fingerprint density at radius 2 is 1.49 bits per heavy atom. The van der Waals surface area contributed by atoms with Crippen molar-refractivity contribution >= 4 is 22.8 Å². The molecule has 4 aromatic carbocycles. The van der Waals surface area contributed by atoms with Gasteiger partial charge in [0.1, 0.15) is 22.9 Å². The SMILES string of the molecule is CNC(=O)c1c(-c2ccc(F)cc2)oc2ccc(-c3ccc(C(=O)NCCc4ccc(OC)cc4)cc3)cc12. The van der Waals surface area contributed by atoms with Crippen molar-refractivity contribution in [3.05, 3.63) is 114 Å². The summed E-state index contributed by atoms with van der Waals surface area (Å²) in [5, 5.41) is 6.27. The summed E-state index contributed by atoms with van der Waals surface area (Å²) < 4.78 is 24.7. The molecule has 6 nitrogen and oxygen atoms in total. The largest absolute Gasteiger partial charge is 0.497 e. The lowest BCUT2D eigenvalue weighted by Crippen LogP contribution is -2.25. The van der Waals surface area contributed by atoms with Gasteiger partial charge in [-0.05, 0) is 83.8 Å². The van der Waals surface area contributed by atoms with E-state index in [9.17, 15) is 14.0 Å². The summed E-state index contributed by atoms with van der Waals surface area (Å²) in [6.45, 7) is 0.517. The van der Waals surface area contributed by atoms with Crippen molar-refractivity contribution in [3.8, 4) is 28.2 Å². The molecule has 0 spiro atoms. The third-order valence-corrected chi connectivity index (χ3v) is 6.59. The minimum Gasteiger partial charge on any atom is -0.497 e. The molecule has 0 unspecified atom stereocenters. The Kier molecular flexibility index (Phi) is 7.41. The minimum atomic E-state index is -0.368. The molecule has 7 heteroatoms. The number of halogens is 1. The zero-order valence-electron chi connectivity index (χ0n) is 21.6. The smallest absolute Gasteiger partial charge is 0.255 e. The molecule has 196 valence electrons. The molecule has 1 heterocycles. The molecule has 0 aliphatic rings. The van der Waals surface area contributed by atoms with Gasteiger partial charge in [0.05, 0.1) is 12.7 Å². The number of hydrogen-bond donors (Lipinski definition) is 2. The number of nitrogens with one attached hydrogen (secondary N) is 2. The van der Waals surface area contributed by atoms with Crippen LogP contribution in [-0.2, 0) is 6.42 Å². The van der Waals surface area contributed by atoms with Gasteiger partial charge in [0, 0.05) is 30.1 Å². The topological polar surface area (TPSA) is 80.6 Å². The molecule has 0 saturated heterocycles. The standard InChI is InChI=1S/C32H27FN2O4/c1-34-32(37)29-27-19-24(11-16-28(27)39-30(29)22-9-12-25(33)13-10-22)21-5-7-23(8-6-21)31(36)35-18-17-20-3-14-26(38-2)15-4-20/h3-16,19H,17-18H2,1-2H3,(H,34,37)(H,35,36). The predicted molar refractivity (Wildman–Crippen MR) is 149 cm³/mol. The van der Waals surface area contributed by atoms with Crippen molar-refractivity contribution in [3.63, 3.8) is 0 Å². The summed E-state index contributed by atoms with van der Waals surface area (Å²) in [5.41, 5.74) is 4.96. The van der Waals surface area contributed by atoms with Crippen molar-refractivity contribution in [2.45, 2.75) is 6.42 Å². The second-order valence-corrected chi connectivity index (χ2v) is 9.03. The monoisotopic (exact) mass is 522 g/mol. The third-order valence-electron chi connectivity index (χ3n) is 6.59. The molecule has 5 aromatic rings. The Morgan fingerprint density at radius 1 is 0.821 bits per heavy atom. The number of fused-ring (bicyclic) bond motifs is 1. The molecule has 2 N–H and O–H groups in total. The maximum absolute atomic E-state index is 13.5. The van der Waals surface area contributed by atoms with Gasteiger partial charge in [-0.3, -0.25) is 9.59 Å². The van der Waals surface area contributed by atoms with E-state index in [1.54, 1.807) is 38.4 Å². The summed E-state index contributed by atoms with van der Waals surface area (Å²) in [5.74, 6) is 0.363. The number of hydrogen-bond acceptors (Lipinski definition) is 4. The Bertz CT molecular complexity index is 1620. The lowest BCUT2D eigenvalue weighted by Gasteiger charge is -2.08. The van der Waals surface area contributed by atoms with Crippen LogP contribution in [0, 0.1) is 5.82 Å². The van der Waals surface area contributed by atoms with Crippen LogP contribution in [-0.4, -0.2) is 32.5 Å². The van der Waals surface area contributed by atoms with Crippen LogP contribution in [0.5, 0.6) is 5.75 Å². The van der Waals surface area contributed by atoms with Gasteiger partial charge in [0.2, 0.25) is 0 Å². The number of methoxy groups -OCH3 is 1. The molecule has 0 radical (unpaired) electrons. The first-order chi connectivity index (χ1) is 19.0. The normalized spacial score (nSPS) is 10.8. The molecule has 0 bridgehead atoms. The predicted octanol–water partition coefficient (Wildman–Crippen LogP) is 6.25. The third kappa shape index (κ3) is 5.52. The van der Waals surface area contributed by atoms with Gasteiger partial charge in [-0.25, -0.2) is 4.39 Å². The van der Waals surface area contributed by atoms with Crippen molar-refractivity contribution in [1.29, 1.82) is 0 Å². The highest BCUT2D eigenvalue weighted by molar-refractivity contribution is 6.11. The maximum atomic E-state index is 13.5. The molecular formula is C32H27FN2O4. The molecule has 39 heavy (non-hydrogen) atoms. The van der Waals surface area contributed by atoms with Crippen molar-refractivity contribution in [1.82, 2.24) is 10.6 Å². The van der Waals surface area contributed by atoms with E-state index in [2.05, 4.69) is 10.6 Å². The van der Waals surface area contributed by atoms with Crippen molar-refractivity contribution in [2.75, 3.05) is 20.7 Å². The van der Waals surface area contributed by atoms with E-state index >= 15 is 0 Å². The van der Waals surface area contributed by atoms with Gasteiger partial charge in [-0.15, -0.1) is 0 Å². The van der Waals surface area contributed by atoms with E-state index in [0.717, 1.165) is 22.4 Å². The van der Waals surface area contributed by atoms with Gasteiger partial charge < -0.3 is 19.8 Å². The van der Waals surface area contributed by atoms with Crippen LogP contribution >= 0.6 is 0 Å². The molecule has 0 atom stereocenters. The first-order valence-corrected chi connectivity index (χ1v) is 12.5. The average molecular weight is 523 g/mol. The number of carbonyl (C=O) groups is 2. The Balaban J connectivity index is 1.34. The first-order valence-electron chi connectivity index (χ1n) is 12.5. The lowest BCUT2D eigenvalue weighted by molar-refractivity contribution is 0.0949. The fourth-order valence-corrected chi connectivity index (χ4v) is 4.46. The zero-order valence-corrected chi connectivity index (χ0v) is 21.6. The highest BCUT2D eigenvalue weighted by Gasteiger charge is 2.22. The highest BCUT2D eigenvalue weighted by Crippen LogP contribution is 2.36. The Labute approximate surface area is 225 Å². The quantitative estimate of drug-likeness (QED) is 0.253. The molecule has 0 aliphatic carbocycles. The molecule has 1 aromatic heterocycles. The number of ether oxygens (including phenoxy) is 1. The average Bonchev–Trinajstić information content (AvgIpc) is 3.36. The van der Waals surface area contributed by atoms with Gasteiger partial charge in [0.25, 0.3) is 11.8 Å². The molecule has 0 saturated carbocycles. The Hall–Kier alpha value is -4.91. The summed E-state index contributed by atoms with van der Waals surface area (Å²) in [7, 11) is 3.19. The van der Waals surface area contributed by atoms with Crippen LogP contribution in [0.2, 0.25) is 0 Å². The van der Waals surface area contributed by atoms with Crippen LogP contribution in [0.4, 0.5) is 4.39 Å². The van der Waals surface area contributed by atoms with E-state index in [-0.39, 0.29) is 17.6 Å². The lowest BCUT2D eigenvalue weighted by atomic mass is 9.99.